The van der Waals surface area contributed by atoms with Crippen LogP contribution in [0.3, 0.4) is 0 Å². The molecule has 1 amide bonds. The third-order valence-corrected chi connectivity index (χ3v) is 2.78. The summed E-state index contributed by atoms with van der Waals surface area (Å²) >= 11 is 1.72. The number of hydrogen-bond donors (Lipinski definition) is 1. The lowest BCUT2D eigenvalue weighted by atomic mass is 10.2. The molecule has 1 rings (SSSR count). The number of carbonyl (C=O) groups is 1. The second-order valence-electron chi connectivity index (χ2n) is 3.49. The van der Waals surface area contributed by atoms with Crippen molar-refractivity contribution in [2.75, 3.05) is 19.8 Å². The average molecular weight is 224 g/mol. The lowest BCUT2D eigenvalue weighted by molar-refractivity contribution is -0.118. The largest absolute Gasteiger partial charge is 0.369 e. The SMILES string of the molecule is CSc1ccc(CN(C)CC(N)=O)cc1. The van der Waals surface area contributed by atoms with Crippen molar-refractivity contribution in [2.24, 2.45) is 5.73 Å². The quantitative estimate of drug-likeness (QED) is 0.767. The van der Waals surface area contributed by atoms with E-state index in [1.807, 2.05) is 18.2 Å². The molecule has 0 heterocycles. The van der Waals surface area contributed by atoms with Crippen molar-refractivity contribution in [1.29, 1.82) is 0 Å². The molecule has 15 heavy (non-hydrogen) atoms. The normalized spacial score (nSPS) is 10.6. The van der Waals surface area contributed by atoms with Crippen molar-refractivity contribution in [1.82, 2.24) is 4.90 Å². The number of hydrogen-bond acceptors (Lipinski definition) is 3. The summed E-state index contributed by atoms with van der Waals surface area (Å²) in [6.45, 7) is 1.04. The number of carbonyl (C=O) groups excluding carboxylic acids is 1. The molecule has 82 valence electrons. The molecule has 1 aromatic rings. The molecule has 0 unspecified atom stereocenters. The summed E-state index contributed by atoms with van der Waals surface area (Å²) in [5.74, 6) is -0.293. The van der Waals surface area contributed by atoms with Crippen LogP contribution >= 0.6 is 11.8 Å². The lowest BCUT2D eigenvalue weighted by Gasteiger charge is -2.14. The van der Waals surface area contributed by atoms with Gasteiger partial charge >= 0.3 is 0 Å². The Morgan fingerprint density at radius 2 is 2.00 bits per heavy atom. The van der Waals surface area contributed by atoms with Gasteiger partial charge in [0.05, 0.1) is 6.54 Å². The molecule has 0 atom stereocenters. The van der Waals surface area contributed by atoms with Crippen molar-refractivity contribution in [3.05, 3.63) is 29.8 Å². The lowest BCUT2D eigenvalue weighted by Crippen LogP contribution is -2.30. The highest BCUT2D eigenvalue weighted by Crippen LogP contribution is 2.15. The Bertz CT molecular complexity index is 324. The zero-order chi connectivity index (χ0) is 11.3. The van der Waals surface area contributed by atoms with E-state index in [4.69, 9.17) is 5.73 Å². The molecular formula is C11H16N2OS. The Hall–Kier alpha value is -1.00. The molecule has 0 spiro atoms. The number of nitrogens with two attached hydrogens (primary N) is 1. The van der Waals surface area contributed by atoms with Gasteiger partial charge in [-0.3, -0.25) is 9.69 Å². The number of amides is 1. The minimum Gasteiger partial charge on any atom is -0.369 e. The van der Waals surface area contributed by atoms with Crippen molar-refractivity contribution in [3.8, 4) is 0 Å². The van der Waals surface area contributed by atoms with Crippen LogP contribution in [0.1, 0.15) is 5.56 Å². The Labute approximate surface area is 94.6 Å². The Kier molecular flexibility index (Phi) is 4.65. The van der Waals surface area contributed by atoms with Crippen LogP contribution < -0.4 is 5.73 Å². The predicted molar refractivity (Wildman–Crippen MR) is 63.8 cm³/mol. The molecule has 0 aliphatic rings. The van der Waals surface area contributed by atoms with E-state index in [1.54, 1.807) is 11.8 Å². The van der Waals surface area contributed by atoms with E-state index in [9.17, 15) is 4.79 Å². The molecule has 0 aliphatic carbocycles. The number of primary amides is 1. The van der Waals surface area contributed by atoms with Gasteiger partial charge in [0.25, 0.3) is 0 Å². The van der Waals surface area contributed by atoms with Crippen LogP contribution in [-0.4, -0.2) is 30.7 Å². The molecule has 0 saturated carbocycles. The van der Waals surface area contributed by atoms with Crippen LogP contribution in [0, 0.1) is 0 Å². The second-order valence-corrected chi connectivity index (χ2v) is 4.37. The van der Waals surface area contributed by atoms with Gasteiger partial charge in [0, 0.05) is 11.4 Å². The standard InChI is InChI=1S/C11H16N2OS/c1-13(8-11(12)14)7-9-3-5-10(15-2)6-4-9/h3-6H,7-8H2,1-2H3,(H2,12,14). The number of benzene rings is 1. The van der Waals surface area contributed by atoms with Crippen LogP contribution in [-0.2, 0) is 11.3 Å². The summed E-state index contributed by atoms with van der Waals surface area (Å²) < 4.78 is 0. The van der Waals surface area contributed by atoms with Gasteiger partial charge in [-0.2, -0.15) is 0 Å². The molecule has 1 aromatic carbocycles. The Morgan fingerprint density at radius 3 is 2.47 bits per heavy atom. The molecule has 0 fully saturated rings. The fraction of sp³-hybridized carbons (Fsp3) is 0.364. The highest BCUT2D eigenvalue weighted by atomic mass is 32.2. The third kappa shape index (κ3) is 4.36. The van der Waals surface area contributed by atoms with E-state index < -0.39 is 0 Å². The maximum absolute atomic E-state index is 10.7. The fourth-order valence-electron chi connectivity index (χ4n) is 1.36. The Balaban J connectivity index is 2.53. The first kappa shape index (κ1) is 12.1. The van der Waals surface area contributed by atoms with Crippen LogP contribution in [0.5, 0.6) is 0 Å². The van der Waals surface area contributed by atoms with Crippen molar-refractivity contribution >= 4 is 17.7 Å². The average Bonchev–Trinajstić information content (AvgIpc) is 2.17. The zero-order valence-corrected chi connectivity index (χ0v) is 9.88. The molecule has 0 saturated heterocycles. The number of thioether (sulfide) groups is 1. The van der Waals surface area contributed by atoms with Crippen LogP contribution in [0.15, 0.2) is 29.2 Å². The van der Waals surface area contributed by atoms with Crippen molar-refractivity contribution < 1.29 is 4.79 Å². The van der Waals surface area contributed by atoms with Crippen LogP contribution in [0.2, 0.25) is 0 Å². The van der Waals surface area contributed by atoms with E-state index in [-0.39, 0.29) is 5.91 Å². The zero-order valence-electron chi connectivity index (χ0n) is 9.06. The first-order valence-corrected chi connectivity index (χ1v) is 5.94. The van der Waals surface area contributed by atoms with Crippen molar-refractivity contribution in [3.63, 3.8) is 0 Å². The number of nitrogens with zero attached hydrogens (tertiary/aromatic N) is 1. The third-order valence-electron chi connectivity index (χ3n) is 2.04. The highest BCUT2D eigenvalue weighted by molar-refractivity contribution is 7.98. The minimum absolute atomic E-state index is 0.293. The molecular weight excluding hydrogens is 208 g/mol. The summed E-state index contributed by atoms with van der Waals surface area (Å²) in [6, 6.07) is 8.31. The summed E-state index contributed by atoms with van der Waals surface area (Å²) in [4.78, 5) is 13.8. The van der Waals surface area contributed by atoms with Gasteiger partial charge < -0.3 is 5.73 Å². The van der Waals surface area contributed by atoms with Gasteiger partial charge in [0.1, 0.15) is 0 Å². The van der Waals surface area contributed by atoms with E-state index in [0.29, 0.717) is 6.54 Å². The van der Waals surface area contributed by atoms with Gasteiger partial charge in [-0.05, 0) is 31.0 Å². The first-order valence-electron chi connectivity index (χ1n) is 4.71. The van der Waals surface area contributed by atoms with Gasteiger partial charge in [0.2, 0.25) is 5.91 Å². The predicted octanol–water partition coefficient (Wildman–Crippen LogP) is 1.33. The minimum atomic E-state index is -0.293. The highest BCUT2D eigenvalue weighted by Gasteiger charge is 2.03. The summed E-state index contributed by atoms with van der Waals surface area (Å²) in [5.41, 5.74) is 6.30. The van der Waals surface area contributed by atoms with E-state index >= 15 is 0 Å². The monoisotopic (exact) mass is 224 g/mol. The molecule has 0 bridgehead atoms. The molecule has 0 aliphatic heterocycles. The van der Waals surface area contributed by atoms with Crippen molar-refractivity contribution in [2.45, 2.75) is 11.4 Å². The van der Waals surface area contributed by atoms with Gasteiger partial charge in [-0.1, -0.05) is 12.1 Å². The van der Waals surface area contributed by atoms with E-state index in [2.05, 4.69) is 24.3 Å². The van der Waals surface area contributed by atoms with E-state index in [1.165, 1.54) is 10.5 Å². The van der Waals surface area contributed by atoms with Gasteiger partial charge in [-0.25, -0.2) is 0 Å². The fourth-order valence-corrected chi connectivity index (χ4v) is 1.77. The smallest absolute Gasteiger partial charge is 0.231 e. The summed E-state index contributed by atoms with van der Waals surface area (Å²) in [6.07, 6.45) is 2.05. The molecule has 0 radical (unpaired) electrons. The second kappa shape index (κ2) is 5.78. The van der Waals surface area contributed by atoms with Gasteiger partial charge in [-0.15, -0.1) is 11.8 Å². The van der Waals surface area contributed by atoms with Gasteiger partial charge in [0.15, 0.2) is 0 Å². The molecule has 3 nitrogen and oxygen atoms in total. The Morgan fingerprint density at radius 1 is 1.40 bits per heavy atom. The number of rotatable bonds is 5. The molecule has 4 heteroatoms. The number of likely N-dealkylation sites (N-methyl/N-ethyl adjacent to an activating group) is 1. The van der Waals surface area contributed by atoms with Crippen LogP contribution in [0.25, 0.3) is 0 Å². The molecule has 2 N–H and O–H groups in total. The summed E-state index contributed by atoms with van der Waals surface area (Å²) in [7, 11) is 1.88. The maximum Gasteiger partial charge on any atom is 0.231 e. The summed E-state index contributed by atoms with van der Waals surface area (Å²) in [5, 5.41) is 0. The topological polar surface area (TPSA) is 46.3 Å². The first-order chi connectivity index (χ1) is 7.11. The maximum atomic E-state index is 10.7. The molecule has 0 aromatic heterocycles. The van der Waals surface area contributed by atoms with Crippen LogP contribution in [0.4, 0.5) is 0 Å². The van der Waals surface area contributed by atoms with E-state index in [0.717, 1.165) is 6.54 Å².